The molecule has 0 saturated carbocycles. The van der Waals surface area contributed by atoms with Gasteiger partial charge in [-0.3, -0.25) is 9.59 Å². The fourth-order valence-corrected chi connectivity index (χ4v) is 21.8. The molecule has 0 unspecified atom stereocenters. The predicted octanol–water partition coefficient (Wildman–Crippen LogP) is 18.7. The number of carbonyl (C=O) groups excluding carboxylic acids is 2. The average molecular weight is 1550 g/mol. The number of amides is 2. The first-order valence-electron chi connectivity index (χ1n) is 34.3. The number of fused-ring (bicyclic) bond motifs is 1. The molecule has 14 aromatic carbocycles. The topological polar surface area (TPSA) is 67.4 Å². The summed E-state index contributed by atoms with van der Waals surface area (Å²) < 4.78 is 5.49. The minimum absolute atomic E-state index is 0. The first-order chi connectivity index (χ1) is 51.3. The Morgan fingerprint density at radius 3 is 0.867 bits per heavy atom. The fraction of sp³-hybridized carbons (Fsp3) is 0.0213. The molecule has 1 aliphatic rings. The zero-order valence-corrected chi connectivity index (χ0v) is 64.1. The second kappa shape index (κ2) is 40.1. The summed E-state index contributed by atoms with van der Waals surface area (Å²) in [5.41, 5.74) is 5.71. The van der Waals surface area contributed by atoms with Crippen molar-refractivity contribution in [1.29, 1.82) is 0 Å². The van der Waals surface area contributed by atoms with E-state index >= 15 is 0 Å². The van der Waals surface area contributed by atoms with Crippen molar-refractivity contribution in [2.45, 2.75) is 6.92 Å². The molecule has 2 heterocycles. The predicted molar refractivity (Wildman–Crippen MR) is 454 cm³/mol. The van der Waals surface area contributed by atoms with E-state index in [9.17, 15) is 9.59 Å². The maximum absolute atomic E-state index is 12.5. The summed E-state index contributed by atoms with van der Waals surface area (Å²) in [7, 11) is -0.134. The molecule has 0 bridgehead atoms. The van der Waals surface area contributed by atoms with Crippen molar-refractivity contribution in [2.75, 3.05) is 17.7 Å². The van der Waals surface area contributed by atoms with E-state index < -0.39 is 31.7 Å². The van der Waals surface area contributed by atoms with Gasteiger partial charge in [0.1, 0.15) is 5.75 Å². The minimum Gasteiger partial charge on any atom is -0.496 e. The SMILES string of the molecule is COc1ccc(C=C2C(=O)Nc3cc(NC(C)=O)ccc32)cc1-c1ccsc1.[Pd].c1ccc(P(c2ccccc2)c2ccccc2)cc1.c1ccc(P(c2ccccc2)c2ccccc2)cc1.c1ccc(P(c2ccccc2)c2ccccc2)cc1.c1ccc(P(c2ccccc2)c2ccccc2)cc1. The summed E-state index contributed by atoms with van der Waals surface area (Å²) >= 11 is 1.62. The maximum atomic E-state index is 12.5. The number of carbonyl (C=O) groups is 2. The first kappa shape index (κ1) is 75.8. The molecule has 11 heteroatoms. The van der Waals surface area contributed by atoms with Gasteiger partial charge < -0.3 is 15.4 Å². The van der Waals surface area contributed by atoms with E-state index in [2.05, 4.69) is 380 Å². The molecule has 0 radical (unpaired) electrons. The zero-order chi connectivity index (χ0) is 71.3. The van der Waals surface area contributed by atoms with Crippen LogP contribution in [0.15, 0.2) is 417 Å². The van der Waals surface area contributed by atoms with Crippen LogP contribution in [0.1, 0.15) is 18.1 Å². The van der Waals surface area contributed by atoms with Crippen molar-refractivity contribution >= 4 is 142 Å². The molecule has 15 aromatic rings. The molecule has 1 aliphatic heterocycles. The van der Waals surface area contributed by atoms with Gasteiger partial charge in [0.2, 0.25) is 5.91 Å². The molecule has 1 aromatic heterocycles. The maximum Gasteiger partial charge on any atom is 0.256 e. The summed E-state index contributed by atoms with van der Waals surface area (Å²) in [5, 5.41) is 26.5. The summed E-state index contributed by atoms with van der Waals surface area (Å²) in [4.78, 5) is 23.8. The van der Waals surface area contributed by atoms with Crippen molar-refractivity contribution in [3.05, 3.63) is 428 Å². The molecular formula is C94H78N2O3P4PdS. The van der Waals surface area contributed by atoms with Gasteiger partial charge in [0, 0.05) is 49.7 Å². The van der Waals surface area contributed by atoms with Crippen LogP contribution in [0.4, 0.5) is 11.4 Å². The summed E-state index contributed by atoms with van der Waals surface area (Å²) in [6.07, 6.45) is 1.87. The summed E-state index contributed by atoms with van der Waals surface area (Å²) in [6, 6.07) is 143. The molecule has 518 valence electrons. The van der Waals surface area contributed by atoms with Crippen LogP contribution in [0.2, 0.25) is 0 Å². The van der Waals surface area contributed by atoms with E-state index in [1.165, 1.54) is 70.6 Å². The van der Waals surface area contributed by atoms with E-state index in [0.29, 0.717) is 16.9 Å². The Labute approximate surface area is 641 Å². The Hall–Kier alpha value is -10.4. The molecule has 0 aliphatic carbocycles. The third kappa shape index (κ3) is 21.2. The van der Waals surface area contributed by atoms with Gasteiger partial charge >= 0.3 is 0 Å². The van der Waals surface area contributed by atoms with Crippen molar-refractivity contribution < 1.29 is 34.7 Å². The molecule has 0 atom stereocenters. The van der Waals surface area contributed by atoms with Crippen LogP contribution >= 0.6 is 43.0 Å². The summed E-state index contributed by atoms with van der Waals surface area (Å²) in [6.45, 7) is 1.45. The Kier molecular flexibility index (Phi) is 28.9. The van der Waals surface area contributed by atoms with Crippen molar-refractivity contribution in [3.63, 3.8) is 0 Å². The number of hydrogen-bond donors (Lipinski definition) is 2. The van der Waals surface area contributed by atoms with Crippen molar-refractivity contribution in [1.82, 2.24) is 0 Å². The molecule has 2 N–H and O–H groups in total. The van der Waals surface area contributed by atoms with Crippen LogP contribution in [0.3, 0.4) is 0 Å². The molecule has 2 amide bonds. The number of ether oxygens (including phenoxy) is 1. The number of anilines is 2. The molecule has 0 spiro atoms. The Bertz CT molecular complexity index is 4240. The second-order valence-corrected chi connectivity index (χ2v) is 33.5. The monoisotopic (exact) mass is 1540 g/mol. The van der Waals surface area contributed by atoms with Crippen LogP contribution < -0.4 is 79.0 Å². The van der Waals surface area contributed by atoms with Gasteiger partial charge in [-0.15, -0.1) is 0 Å². The fourth-order valence-electron chi connectivity index (χ4n) is 12.0. The smallest absolute Gasteiger partial charge is 0.256 e. The number of rotatable bonds is 16. The van der Waals surface area contributed by atoms with E-state index in [1.807, 2.05) is 41.8 Å². The Morgan fingerprint density at radius 1 is 0.352 bits per heavy atom. The average Bonchev–Trinajstić information content (AvgIpc) is 1.55. The third-order valence-electron chi connectivity index (χ3n) is 16.7. The molecular weight excluding hydrogens is 1470 g/mol. The van der Waals surface area contributed by atoms with Crippen LogP contribution in [-0.4, -0.2) is 18.9 Å². The van der Waals surface area contributed by atoms with Gasteiger partial charge in [-0.2, -0.15) is 11.3 Å². The zero-order valence-electron chi connectivity index (χ0n) is 58.2. The van der Waals surface area contributed by atoms with Gasteiger partial charge in [-0.1, -0.05) is 376 Å². The van der Waals surface area contributed by atoms with E-state index in [-0.39, 0.29) is 32.2 Å². The normalized spacial score (nSPS) is 11.4. The third-order valence-corrected chi connectivity index (χ3v) is 27.1. The van der Waals surface area contributed by atoms with Crippen LogP contribution in [0.25, 0.3) is 22.8 Å². The van der Waals surface area contributed by atoms with Gasteiger partial charge in [0.15, 0.2) is 0 Å². The van der Waals surface area contributed by atoms with Gasteiger partial charge in [-0.05, 0) is 154 Å². The van der Waals surface area contributed by atoms with E-state index in [4.69, 9.17) is 4.74 Å². The van der Waals surface area contributed by atoms with Gasteiger partial charge in [-0.25, -0.2) is 0 Å². The molecule has 0 saturated heterocycles. The standard InChI is InChI=1S/C22H18N2O3S.4C18H15P.Pd/c1-13(25)23-16-4-5-17-19(22(26)24-20(17)11-16)10-14-3-6-21(27-2)18(9-14)15-7-8-28-12-15;4*1-4-10-16(11-5-1)19(17-12-6-2-7-13-17)18-14-8-3-9-15-18;/h3-12H,1-2H3,(H,23,25)(H,24,26);4*1-15H;. The minimum atomic E-state index is -0.446. The van der Waals surface area contributed by atoms with Crippen molar-refractivity contribution in [3.8, 4) is 16.9 Å². The second-order valence-electron chi connectivity index (χ2n) is 23.8. The van der Waals surface area contributed by atoms with Crippen LogP contribution in [0, 0.1) is 0 Å². The first-order valence-corrected chi connectivity index (χ1v) is 40.6. The number of thiophene rings is 1. The molecule has 5 nitrogen and oxygen atoms in total. The quantitative estimate of drug-likeness (QED) is 0.0575. The van der Waals surface area contributed by atoms with Gasteiger partial charge in [0.05, 0.1) is 12.8 Å². The molecule has 105 heavy (non-hydrogen) atoms. The van der Waals surface area contributed by atoms with E-state index in [0.717, 1.165) is 28.0 Å². The Morgan fingerprint density at radius 2 is 0.629 bits per heavy atom. The number of methoxy groups -OCH3 is 1. The van der Waals surface area contributed by atoms with Gasteiger partial charge in [0.25, 0.3) is 5.91 Å². The molecule has 0 fully saturated rings. The summed E-state index contributed by atoms with van der Waals surface area (Å²) in [5.74, 6) is 0.471. The largest absolute Gasteiger partial charge is 0.496 e. The number of benzene rings is 14. The number of nitrogens with one attached hydrogen (secondary N) is 2. The van der Waals surface area contributed by atoms with Crippen LogP contribution in [-0.2, 0) is 30.0 Å². The van der Waals surface area contributed by atoms with Crippen LogP contribution in [0.5, 0.6) is 5.75 Å². The number of hydrogen-bond acceptors (Lipinski definition) is 4. The van der Waals surface area contributed by atoms with Crippen molar-refractivity contribution in [2.24, 2.45) is 0 Å². The van der Waals surface area contributed by atoms with E-state index in [1.54, 1.807) is 30.6 Å². The molecule has 16 rings (SSSR count). The Balaban J connectivity index is 0.000000132.